The van der Waals surface area contributed by atoms with Gasteiger partial charge in [0.1, 0.15) is 5.82 Å². The summed E-state index contributed by atoms with van der Waals surface area (Å²) in [5, 5.41) is 4.28. The van der Waals surface area contributed by atoms with Crippen LogP contribution in [0.5, 0.6) is 0 Å². The fourth-order valence-electron chi connectivity index (χ4n) is 3.03. The second kappa shape index (κ2) is 7.48. The smallest absolute Gasteiger partial charge is 0.337 e. The highest BCUT2D eigenvalue weighted by molar-refractivity contribution is 5.93. The van der Waals surface area contributed by atoms with Gasteiger partial charge in [0.15, 0.2) is 5.82 Å². The molecule has 4 rings (SSSR count). The molecule has 0 radical (unpaired) electrons. The molecule has 0 aliphatic rings. The summed E-state index contributed by atoms with van der Waals surface area (Å²) in [5.41, 5.74) is 4.31. The Balaban J connectivity index is 1.76. The van der Waals surface area contributed by atoms with E-state index in [1.54, 1.807) is 12.1 Å². The van der Waals surface area contributed by atoms with Crippen molar-refractivity contribution < 1.29 is 9.53 Å². The van der Waals surface area contributed by atoms with E-state index in [0.717, 1.165) is 27.7 Å². The largest absolute Gasteiger partial charge is 0.465 e. The van der Waals surface area contributed by atoms with Crippen LogP contribution in [-0.2, 0) is 4.74 Å². The maximum atomic E-state index is 11.6. The number of aryl methyl sites for hydroxylation is 1. The molecule has 3 aromatic carbocycles. The average molecular weight is 369 g/mol. The molecule has 0 saturated carbocycles. The zero-order valence-corrected chi connectivity index (χ0v) is 15.6. The van der Waals surface area contributed by atoms with Crippen molar-refractivity contribution in [1.82, 2.24) is 9.97 Å². The SMILES string of the molecule is COC(=O)c1ccc(Nc2nc(-c3cccc(C)c3)nc3ccccc23)cc1. The normalized spacial score (nSPS) is 10.6. The summed E-state index contributed by atoms with van der Waals surface area (Å²) in [6, 6.07) is 23.1. The van der Waals surface area contributed by atoms with E-state index in [0.29, 0.717) is 17.2 Å². The van der Waals surface area contributed by atoms with Crippen LogP contribution in [0.25, 0.3) is 22.3 Å². The van der Waals surface area contributed by atoms with Crippen molar-refractivity contribution in [3.8, 4) is 11.4 Å². The Morgan fingerprint density at radius 3 is 2.46 bits per heavy atom. The highest BCUT2D eigenvalue weighted by Crippen LogP contribution is 2.27. The van der Waals surface area contributed by atoms with E-state index in [1.165, 1.54) is 7.11 Å². The molecule has 138 valence electrons. The van der Waals surface area contributed by atoms with Crippen LogP contribution in [0.15, 0.2) is 72.8 Å². The minimum atomic E-state index is -0.360. The van der Waals surface area contributed by atoms with Crippen LogP contribution < -0.4 is 5.32 Å². The molecule has 0 saturated heterocycles. The first-order valence-electron chi connectivity index (χ1n) is 8.93. The number of fused-ring (bicyclic) bond motifs is 1. The zero-order valence-electron chi connectivity index (χ0n) is 15.6. The number of hydrogen-bond acceptors (Lipinski definition) is 5. The number of methoxy groups -OCH3 is 1. The van der Waals surface area contributed by atoms with Crippen molar-refractivity contribution in [1.29, 1.82) is 0 Å². The summed E-state index contributed by atoms with van der Waals surface area (Å²) in [4.78, 5) is 21.1. The van der Waals surface area contributed by atoms with E-state index < -0.39 is 0 Å². The molecular weight excluding hydrogens is 350 g/mol. The summed E-state index contributed by atoms with van der Waals surface area (Å²) in [7, 11) is 1.37. The maximum Gasteiger partial charge on any atom is 0.337 e. The van der Waals surface area contributed by atoms with Crippen molar-refractivity contribution >= 4 is 28.4 Å². The number of aromatic nitrogens is 2. The van der Waals surface area contributed by atoms with Gasteiger partial charge in [0.2, 0.25) is 0 Å². The molecule has 0 bridgehead atoms. The standard InChI is InChI=1S/C23H19N3O2/c1-15-6-5-7-17(14-15)21-25-20-9-4-3-8-19(20)22(26-21)24-18-12-10-16(11-13-18)23(27)28-2/h3-14H,1-2H3,(H,24,25,26). The number of hydrogen-bond donors (Lipinski definition) is 1. The number of benzene rings is 3. The van der Waals surface area contributed by atoms with E-state index in [4.69, 9.17) is 14.7 Å². The molecule has 1 aromatic heterocycles. The van der Waals surface area contributed by atoms with Crippen LogP contribution in [0.3, 0.4) is 0 Å². The molecule has 0 aliphatic heterocycles. The van der Waals surface area contributed by atoms with Gasteiger partial charge in [0, 0.05) is 16.6 Å². The van der Waals surface area contributed by atoms with Crippen LogP contribution in [-0.4, -0.2) is 23.0 Å². The Labute approximate surface area is 163 Å². The first-order valence-corrected chi connectivity index (χ1v) is 8.93. The lowest BCUT2D eigenvalue weighted by atomic mass is 10.1. The second-order valence-electron chi connectivity index (χ2n) is 6.48. The molecule has 1 heterocycles. The van der Waals surface area contributed by atoms with E-state index in [2.05, 4.69) is 11.4 Å². The molecule has 5 heteroatoms. The number of nitrogens with zero attached hydrogens (tertiary/aromatic N) is 2. The van der Waals surface area contributed by atoms with Gasteiger partial charge in [-0.25, -0.2) is 14.8 Å². The summed E-state index contributed by atoms with van der Waals surface area (Å²) in [5.74, 6) is 1.02. The summed E-state index contributed by atoms with van der Waals surface area (Å²) < 4.78 is 4.75. The van der Waals surface area contributed by atoms with Gasteiger partial charge in [0.25, 0.3) is 0 Å². The van der Waals surface area contributed by atoms with Gasteiger partial charge in [0.05, 0.1) is 18.2 Å². The maximum absolute atomic E-state index is 11.6. The van der Waals surface area contributed by atoms with E-state index in [-0.39, 0.29) is 5.97 Å². The highest BCUT2D eigenvalue weighted by atomic mass is 16.5. The number of rotatable bonds is 4. The number of ether oxygens (including phenoxy) is 1. The van der Waals surface area contributed by atoms with Crippen LogP contribution in [0.4, 0.5) is 11.5 Å². The summed E-state index contributed by atoms with van der Waals surface area (Å²) >= 11 is 0. The summed E-state index contributed by atoms with van der Waals surface area (Å²) in [6.07, 6.45) is 0. The lowest BCUT2D eigenvalue weighted by molar-refractivity contribution is 0.0601. The number of carbonyl (C=O) groups excluding carboxylic acids is 1. The monoisotopic (exact) mass is 369 g/mol. The van der Waals surface area contributed by atoms with Gasteiger partial charge in [-0.1, -0.05) is 35.9 Å². The first kappa shape index (κ1) is 17.7. The van der Waals surface area contributed by atoms with Gasteiger partial charge < -0.3 is 10.1 Å². The predicted octanol–water partition coefficient (Wildman–Crippen LogP) is 5.14. The van der Waals surface area contributed by atoms with Crippen LogP contribution in [0, 0.1) is 6.92 Å². The van der Waals surface area contributed by atoms with Crippen molar-refractivity contribution in [3.05, 3.63) is 83.9 Å². The lowest BCUT2D eigenvalue weighted by Gasteiger charge is -2.12. The fraction of sp³-hybridized carbons (Fsp3) is 0.0870. The minimum Gasteiger partial charge on any atom is -0.465 e. The van der Waals surface area contributed by atoms with Gasteiger partial charge in [-0.2, -0.15) is 0 Å². The lowest BCUT2D eigenvalue weighted by Crippen LogP contribution is -2.02. The first-order chi connectivity index (χ1) is 13.6. The molecule has 28 heavy (non-hydrogen) atoms. The van der Waals surface area contributed by atoms with Crippen molar-refractivity contribution in [2.45, 2.75) is 6.92 Å². The van der Waals surface area contributed by atoms with Crippen LogP contribution >= 0.6 is 0 Å². The number of anilines is 2. The molecule has 0 aliphatic carbocycles. The van der Waals surface area contributed by atoms with E-state index in [9.17, 15) is 4.79 Å². The predicted molar refractivity (Wildman–Crippen MR) is 111 cm³/mol. The molecule has 5 nitrogen and oxygen atoms in total. The van der Waals surface area contributed by atoms with Gasteiger partial charge >= 0.3 is 5.97 Å². The summed E-state index contributed by atoms with van der Waals surface area (Å²) in [6.45, 7) is 2.05. The van der Waals surface area contributed by atoms with Gasteiger partial charge in [-0.05, 0) is 49.4 Å². The average Bonchev–Trinajstić information content (AvgIpc) is 2.73. The van der Waals surface area contributed by atoms with Crippen molar-refractivity contribution in [2.75, 3.05) is 12.4 Å². The molecule has 0 spiro atoms. The Morgan fingerprint density at radius 1 is 0.929 bits per heavy atom. The molecular formula is C23H19N3O2. The van der Waals surface area contributed by atoms with Crippen LogP contribution in [0.2, 0.25) is 0 Å². The third kappa shape index (κ3) is 3.55. The van der Waals surface area contributed by atoms with Crippen LogP contribution in [0.1, 0.15) is 15.9 Å². The van der Waals surface area contributed by atoms with Crippen molar-refractivity contribution in [2.24, 2.45) is 0 Å². The third-order valence-corrected chi connectivity index (χ3v) is 4.45. The zero-order chi connectivity index (χ0) is 19.5. The highest BCUT2D eigenvalue weighted by Gasteiger charge is 2.11. The molecule has 4 aromatic rings. The number of nitrogens with one attached hydrogen (secondary N) is 1. The fourth-order valence-corrected chi connectivity index (χ4v) is 3.03. The third-order valence-electron chi connectivity index (χ3n) is 4.45. The number of carbonyl (C=O) groups is 1. The van der Waals surface area contributed by atoms with Gasteiger partial charge in [-0.3, -0.25) is 0 Å². The molecule has 0 unspecified atom stereocenters. The Hall–Kier alpha value is -3.73. The van der Waals surface area contributed by atoms with Gasteiger partial charge in [-0.15, -0.1) is 0 Å². The Kier molecular flexibility index (Phi) is 4.72. The molecule has 0 fully saturated rings. The van der Waals surface area contributed by atoms with E-state index >= 15 is 0 Å². The quantitative estimate of drug-likeness (QED) is 0.505. The minimum absolute atomic E-state index is 0.360. The topological polar surface area (TPSA) is 64.1 Å². The van der Waals surface area contributed by atoms with E-state index in [1.807, 2.05) is 61.5 Å². The molecule has 0 atom stereocenters. The Morgan fingerprint density at radius 2 is 1.71 bits per heavy atom. The number of esters is 1. The Bertz CT molecular complexity index is 1150. The molecule has 1 N–H and O–H groups in total. The second-order valence-corrected chi connectivity index (χ2v) is 6.48. The van der Waals surface area contributed by atoms with Crippen molar-refractivity contribution in [3.63, 3.8) is 0 Å². The molecule has 0 amide bonds. The number of para-hydroxylation sites is 1.